The monoisotopic (exact) mass is 384 g/mol. The molecule has 1 N–H and O–H groups in total. The molecule has 0 bridgehead atoms. The summed E-state index contributed by atoms with van der Waals surface area (Å²) in [6.07, 6.45) is 2.82. The van der Waals surface area contributed by atoms with Crippen LogP contribution in [0.2, 0.25) is 0 Å². The maximum atomic E-state index is 12.9. The third-order valence-corrected chi connectivity index (χ3v) is 5.32. The standard InChI is InChI=1S/C22H28N2O4/c1-15(2)20(16-6-8-18(27-3)9-7-16)23-21(25)17-10-12-24(13-11-17)22(26)19-5-4-14-28-19/h4-9,14-15,17,20H,10-13H2,1-3H3,(H,23,25). The minimum atomic E-state index is -0.109. The van der Waals surface area contributed by atoms with Gasteiger partial charge in [0.1, 0.15) is 5.75 Å². The second-order valence-corrected chi connectivity index (χ2v) is 7.55. The number of nitrogens with zero attached hydrogens (tertiary/aromatic N) is 1. The third-order valence-electron chi connectivity index (χ3n) is 5.32. The van der Waals surface area contributed by atoms with Gasteiger partial charge in [0, 0.05) is 19.0 Å². The van der Waals surface area contributed by atoms with E-state index in [9.17, 15) is 9.59 Å². The molecule has 1 aliphatic rings. The predicted octanol–water partition coefficient (Wildman–Crippen LogP) is 3.65. The summed E-state index contributed by atoms with van der Waals surface area (Å²) in [5.41, 5.74) is 1.06. The number of furan rings is 1. The topological polar surface area (TPSA) is 71.8 Å². The second kappa shape index (κ2) is 8.95. The molecule has 0 radical (unpaired) electrons. The van der Waals surface area contributed by atoms with E-state index in [1.807, 2.05) is 24.3 Å². The van der Waals surface area contributed by atoms with E-state index in [0.717, 1.165) is 11.3 Å². The van der Waals surface area contributed by atoms with E-state index in [-0.39, 0.29) is 29.7 Å². The number of nitrogens with one attached hydrogen (secondary N) is 1. The van der Waals surface area contributed by atoms with Gasteiger partial charge in [-0.15, -0.1) is 0 Å². The lowest BCUT2D eigenvalue weighted by atomic mass is 9.92. The molecule has 1 fully saturated rings. The van der Waals surface area contributed by atoms with Crippen molar-refractivity contribution in [3.63, 3.8) is 0 Å². The molecule has 1 saturated heterocycles. The Hall–Kier alpha value is -2.76. The van der Waals surface area contributed by atoms with Crippen LogP contribution in [0.5, 0.6) is 5.75 Å². The molecule has 3 rings (SSSR count). The van der Waals surface area contributed by atoms with Crippen LogP contribution in [0.15, 0.2) is 47.1 Å². The first-order valence-electron chi connectivity index (χ1n) is 9.76. The van der Waals surface area contributed by atoms with Gasteiger partial charge in [0.05, 0.1) is 19.4 Å². The highest BCUT2D eigenvalue weighted by atomic mass is 16.5. The molecule has 1 aliphatic heterocycles. The van der Waals surface area contributed by atoms with Crippen LogP contribution in [-0.4, -0.2) is 36.9 Å². The van der Waals surface area contributed by atoms with Gasteiger partial charge in [-0.3, -0.25) is 9.59 Å². The molecular formula is C22H28N2O4. The fourth-order valence-corrected chi connectivity index (χ4v) is 3.62. The fourth-order valence-electron chi connectivity index (χ4n) is 3.62. The molecule has 6 heteroatoms. The maximum Gasteiger partial charge on any atom is 0.289 e. The van der Waals surface area contributed by atoms with Crippen molar-refractivity contribution in [3.05, 3.63) is 54.0 Å². The molecule has 0 saturated carbocycles. The molecule has 2 aromatic rings. The van der Waals surface area contributed by atoms with Gasteiger partial charge in [-0.25, -0.2) is 0 Å². The lowest BCUT2D eigenvalue weighted by Crippen LogP contribution is -2.44. The molecule has 2 heterocycles. The summed E-state index contributed by atoms with van der Waals surface area (Å²) in [6, 6.07) is 11.1. The molecule has 1 aromatic carbocycles. The number of hydrogen-bond donors (Lipinski definition) is 1. The van der Waals surface area contributed by atoms with Gasteiger partial charge in [0.15, 0.2) is 5.76 Å². The fraction of sp³-hybridized carbons (Fsp3) is 0.455. The average molecular weight is 384 g/mol. The minimum Gasteiger partial charge on any atom is -0.497 e. The number of amides is 2. The van der Waals surface area contributed by atoms with Crippen molar-refractivity contribution in [2.75, 3.05) is 20.2 Å². The Balaban J connectivity index is 1.58. The molecule has 1 atom stereocenters. The number of ether oxygens (including phenoxy) is 1. The number of carbonyl (C=O) groups is 2. The van der Waals surface area contributed by atoms with Gasteiger partial charge in [-0.05, 0) is 48.6 Å². The first-order chi connectivity index (χ1) is 13.5. The number of piperidine rings is 1. The van der Waals surface area contributed by atoms with Gasteiger partial charge >= 0.3 is 0 Å². The maximum absolute atomic E-state index is 12.9. The number of carbonyl (C=O) groups excluding carboxylic acids is 2. The highest BCUT2D eigenvalue weighted by Gasteiger charge is 2.30. The van der Waals surface area contributed by atoms with E-state index < -0.39 is 0 Å². The Morgan fingerprint density at radius 1 is 1.14 bits per heavy atom. The number of benzene rings is 1. The van der Waals surface area contributed by atoms with Gasteiger partial charge < -0.3 is 19.4 Å². The highest BCUT2D eigenvalue weighted by molar-refractivity contribution is 5.91. The lowest BCUT2D eigenvalue weighted by molar-refractivity contribution is -0.127. The van der Waals surface area contributed by atoms with Crippen LogP contribution in [0.3, 0.4) is 0 Å². The van der Waals surface area contributed by atoms with E-state index in [1.54, 1.807) is 24.1 Å². The van der Waals surface area contributed by atoms with Gasteiger partial charge in [-0.2, -0.15) is 0 Å². The summed E-state index contributed by atoms with van der Waals surface area (Å²) in [4.78, 5) is 27.0. The molecule has 6 nitrogen and oxygen atoms in total. The summed E-state index contributed by atoms with van der Waals surface area (Å²) < 4.78 is 10.4. The van der Waals surface area contributed by atoms with Crippen LogP contribution in [-0.2, 0) is 4.79 Å². The Kier molecular flexibility index (Phi) is 6.39. The van der Waals surface area contributed by atoms with Crippen LogP contribution in [0.4, 0.5) is 0 Å². The number of rotatable bonds is 6. The smallest absolute Gasteiger partial charge is 0.289 e. The van der Waals surface area contributed by atoms with Crippen LogP contribution >= 0.6 is 0 Å². The number of likely N-dealkylation sites (tertiary alicyclic amines) is 1. The van der Waals surface area contributed by atoms with E-state index in [4.69, 9.17) is 9.15 Å². The highest BCUT2D eigenvalue weighted by Crippen LogP contribution is 2.26. The van der Waals surface area contributed by atoms with Crippen LogP contribution in [0.1, 0.15) is 48.8 Å². The lowest BCUT2D eigenvalue weighted by Gasteiger charge is -2.32. The van der Waals surface area contributed by atoms with Crippen molar-refractivity contribution in [1.82, 2.24) is 10.2 Å². The molecular weight excluding hydrogens is 356 g/mol. The largest absolute Gasteiger partial charge is 0.497 e. The summed E-state index contributed by atoms with van der Waals surface area (Å²) in [7, 11) is 1.64. The third kappa shape index (κ3) is 4.55. The quantitative estimate of drug-likeness (QED) is 0.825. The van der Waals surface area contributed by atoms with Gasteiger partial charge in [0.2, 0.25) is 5.91 Å². The van der Waals surface area contributed by atoms with Gasteiger partial charge in [-0.1, -0.05) is 26.0 Å². The SMILES string of the molecule is COc1ccc(C(NC(=O)C2CCN(C(=O)c3ccco3)CC2)C(C)C)cc1. The van der Waals surface area contributed by atoms with E-state index in [1.165, 1.54) is 6.26 Å². The molecule has 1 unspecified atom stereocenters. The van der Waals surface area contributed by atoms with E-state index in [0.29, 0.717) is 31.7 Å². The normalized spacial score (nSPS) is 16.1. The van der Waals surface area contributed by atoms with Crippen molar-refractivity contribution < 1.29 is 18.7 Å². The Labute approximate surface area is 165 Å². The van der Waals surface area contributed by atoms with E-state index in [2.05, 4.69) is 19.2 Å². The van der Waals surface area contributed by atoms with E-state index >= 15 is 0 Å². The van der Waals surface area contributed by atoms with Crippen LogP contribution in [0, 0.1) is 11.8 Å². The first kappa shape index (κ1) is 20.0. The van der Waals surface area contributed by atoms with Crippen molar-refractivity contribution >= 4 is 11.8 Å². The summed E-state index contributed by atoms with van der Waals surface area (Å²) in [5.74, 6) is 1.27. The molecule has 1 aromatic heterocycles. The second-order valence-electron chi connectivity index (χ2n) is 7.55. The zero-order chi connectivity index (χ0) is 20.1. The van der Waals surface area contributed by atoms with Crippen molar-refractivity contribution in [1.29, 1.82) is 0 Å². The molecule has 150 valence electrons. The zero-order valence-electron chi connectivity index (χ0n) is 16.7. The molecule has 0 aliphatic carbocycles. The zero-order valence-corrected chi connectivity index (χ0v) is 16.7. The average Bonchev–Trinajstić information content (AvgIpc) is 3.26. The van der Waals surface area contributed by atoms with Crippen LogP contribution in [0.25, 0.3) is 0 Å². The Morgan fingerprint density at radius 3 is 2.36 bits per heavy atom. The summed E-state index contributed by atoms with van der Waals surface area (Å²) in [5, 5.41) is 3.21. The van der Waals surface area contributed by atoms with Crippen molar-refractivity contribution in [2.24, 2.45) is 11.8 Å². The molecule has 0 spiro atoms. The molecule has 2 amide bonds. The summed E-state index contributed by atoms with van der Waals surface area (Å²) in [6.45, 7) is 5.32. The van der Waals surface area contributed by atoms with Gasteiger partial charge in [0.25, 0.3) is 5.91 Å². The van der Waals surface area contributed by atoms with Crippen molar-refractivity contribution in [3.8, 4) is 5.75 Å². The Bertz CT molecular complexity index is 775. The predicted molar refractivity (Wildman–Crippen MR) is 106 cm³/mol. The number of hydrogen-bond acceptors (Lipinski definition) is 4. The first-order valence-corrected chi connectivity index (χ1v) is 9.76. The van der Waals surface area contributed by atoms with Crippen molar-refractivity contribution in [2.45, 2.75) is 32.7 Å². The Morgan fingerprint density at radius 2 is 1.82 bits per heavy atom. The molecule has 28 heavy (non-hydrogen) atoms. The summed E-state index contributed by atoms with van der Waals surface area (Å²) >= 11 is 0. The minimum absolute atomic E-state index is 0.0545. The number of methoxy groups -OCH3 is 1. The van der Waals surface area contributed by atoms with Crippen LogP contribution < -0.4 is 10.1 Å².